The monoisotopic (exact) mass is 224 g/mol. The molecular weight excluding hydrogens is 209 g/mol. The van der Waals surface area contributed by atoms with Crippen molar-refractivity contribution in [1.82, 2.24) is 4.90 Å². The molecule has 6 heteroatoms. The van der Waals surface area contributed by atoms with Gasteiger partial charge >= 0.3 is 6.18 Å². The van der Waals surface area contributed by atoms with Crippen LogP contribution >= 0.6 is 0 Å². The van der Waals surface area contributed by atoms with E-state index in [2.05, 4.69) is 0 Å². The Morgan fingerprint density at radius 1 is 1.53 bits per heavy atom. The third-order valence-electron chi connectivity index (χ3n) is 2.69. The van der Waals surface area contributed by atoms with E-state index in [0.29, 0.717) is 12.8 Å². The molecule has 1 amide bonds. The molecule has 0 aromatic carbocycles. The molecule has 0 unspecified atom stereocenters. The van der Waals surface area contributed by atoms with Crippen molar-refractivity contribution in [3.05, 3.63) is 0 Å². The highest BCUT2D eigenvalue weighted by atomic mass is 19.4. The predicted molar refractivity (Wildman–Crippen MR) is 49.0 cm³/mol. The number of alkyl halides is 3. The maximum Gasteiger partial charge on any atom is 0.401 e. The highest BCUT2D eigenvalue weighted by molar-refractivity contribution is 5.80. The molecule has 0 aromatic heterocycles. The van der Waals surface area contributed by atoms with Crippen molar-refractivity contribution in [3.63, 3.8) is 0 Å². The average Bonchev–Trinajstić information content (AvgIpc) is 2.05. The van der Waals surface area contributed by atoms with E-state index in [1.165, 1.54) is 0 Å². The Labute approximate surface area is 86.4 Å². The van der Waals surface area contributed by atoms with Gasteiger partial charge in [0.1, 0.15) is 0 Å². The SMILES string of the molecule is C[C@@H]1CCN(CC(F)(F)F)[C@H](C(N)=O)C1. The fraction of sp³-hybridized carbons (Fsp3) is 0.889. The zero-order valence-corrected chi connectivity index (χ0v) is 8.55. The molecule has 15 heavy (non-hydrogen) atoms. The molecule has 2 N–H and O–H groups in total. The fourth-order valence-electron chi connectivity index (χ4n) is 1.91. The fourth-order valence-corrected chi connectivity index (χ4v) is 1.91. The van der Waals surface area contributed by atoms with Crippen LogP contribution in [0.3, 0.4) is 0 Å². The van der Waals surface area contributed by atoms with Gasteiger partial charge < -0.3 is 5.73 Å². The van der Waals surface area contributed by atoms with E-state index in [1.807, 2.05) is 6.92 Å². The van der Waals surface area contributed by atoms with Gasteiger partial charge in [-0.3, -0.25) is 9.69 Å². The summed E-state index contributed by atoms with van der Waals surface area (Å²) in [5, 5.41) is 0. The smallest absolute Gasteiger partial charge is 0.368 e. The number of hydrogen-bond donors (Lipinski definition) is 1. The molecule has 0 aliphatic carbocycles. The summed E-state index contributed by atoms with van der Waals surface area (Å²) < 4.78 is 36.5. The summed E-state index contributed by atoms with van der Waals surface area (Å²) in [5.74, 6) is -0.405. The van der Waals surface area contributed by atoms with Gasteiger partial charge in [0.25, 0.3) is 0 Å². The molecule has 0 saturated carbocycles. The lowest BCUT2D eigenvalue weighted by Gasteiger charge is -2.36. The predicted octanol–water partition coefficient (Wildman–Crippen LogP) is 1.13. The number of carbonyl (C=O) groups is 1. The lowest BCUT2D eigenvalue weighted by atomic mass is 9.92. The van der Waals surface area contributed by atoms with Crippen molar-refractivity contribution in [2.24, 2.45) is 11.7 Å². The van der Waals surface area contributed by atoms with Gasteiger partial charge in [0.2, 0.25) is 5.91 Å². The van der Waals surface area contributed by atoms with Crippen LogP contribution in [0.25, 0.3) is 0 Å². The molecule has 0 aromatic rings. The van der Waals surface area contributed by atoms with Crippen LogP contribution in [0.4, 0.5) is 13.2 Å². The van der Waals surface area contributed by atoms with Crippen LogP contribution in [-0.4, -0.2) is 36.1 Å². The lowest BCUT2D eigenvalue weighted by Crippen LogP contribution is -2.52. The second kappa shape index (κ2) is 4.38. The van der Waals surface area contributed by atoms with Gasteiger partial charge in [-0.05, 0) is 25.3 Å². The van der Waals surface area contributed by atoms with E-state index < -0.39 is 24.7 Å². The van der Waals surface area contributed by atoms with E-state index >= 15 is 0 Å². The number of likely N-dealkylation sites (tertiary alicyclic amines) is 1. The summed E-state index contributed by atoms with van der Waals surface area (Å²) in [5.41, 5.74) is 5.09. The van der Waals surface area contributed by atoms with Gasteiger partial charge in [0.15, 0.2) is 0 Å². The van der Waals surface area contributed by atoms with Gasteiger partial charge in [0.05, 0.1) is 12.6 Å². The molecule has 0 spiro atoms. The topological polar surface area (TPSA) is 46.3 Å². The number of halogens is 3. The normalized spacial score (nSPS) is 29.1. The van der Waals surface area contributed by atoms with Gasteiger partial charge in [0, 0.05) is 0 Å². The molecule has 1 fully saturated rings. The van der Waals surface area contributed by atoms with Gasteiger partial charge in [-0.15, -0.1) is 0 Å². The van der Waals surface area contributed by atoms with E-state index in [9.17, 15) is 18.0 Å². The van der Waals surface area contributed by atoms with Crippen molar-refractivity contribution < 1.29 is 18.0 Å². The number of amides is 1. The minimum absolute atomic E-state index is 0.256. The third kappa shape index (κ3) is 3.70. The first-order valence-electron chi connectivity index (χ1n) is 4.89. The van der Waals surface area contributed by atoms with Crippen LogP contribution < -0.4 is 5.73 Å². The van der Waals surface area contributed by atoms with E-state index in [4.69, 9.17) is 5.73 Å². The summed E-state index contributed by atoms with van der Waals surface area (Å²) in [6.07, 6.45) is -3.17. The van der Waals surface area contributed by atoms with Crippen LogP contribution in [0.1, 0.15) is 19.8 Å². The summed E-state index contributed by atoms with van der Waals surface area (Å²) >= 11 is 0. The Morgan fingerprint density at radius 2 is 2.13 bits per heavy atom. The minimum Gasteiger partial charge on any atom is -0.368 e. The van der Waals surface area contributed by atoms with Crippen LogP contribution in [0.2, 0.25) is 0 Å². The first-order valence-corrected chi connectivity index (χ1v) is 4.89. The Morgan fingerprint density at radius 3 is 2.60 bits per heavy atom. The van der Waals surface area contributed by atoms with Crippen molar-refractivity contribution in [1.29, 1.82) is 0 Å². The van der Waals surface area contributed by atoms with Crippen molar-refractivity contribution >= 4 is 5.91 Å². The molecule has 3 nitrogen and oxygen atoms in total. The Kier molecular flexibility index (Phi) is 3.59. The number of piperidine rings is 1. The molecule has 0 radical (unpaired) electrons. The van der Waals surface area contributed by atoms with Crippen LogP contribution in [-0.2, 0) is 4.79 Å². The molecule has 2 atom stereocenters. The average molecular weight is 224 g/mol. The van der Waals surface area contributed by atoms with Gasteiger partial charge in [-0.1, -0.05) is 6.92 Å². The Bertz CT molecular complexity index is 242. The number of rotatable bonds is 2. The van der Waals surface area contributed by atoms with Crippen molar-refractivity contribution in [3.8, 4) is 0 Å². The van der Waals surface area contributed by atoms with E-state index in [-0.39, 0.29) is 12.5 Å². The Hall–Kier alpha value is -0.780. The largest absolute Gasteiger partial charge is 0.401 e. The molecule has 1 aliphatic rings. The molecule has 88 valence electrons. The van der Waals surface area contributed by atoms with E-state index in [1.54, 1.807) is 0 Å². The molecule has 1 rings (SSSR count). The second-order valence-corrected chi connectivity index (χ2v) is 4.13. The number of carbonyl (C=O) groups excluding carboxylic acids is 1. The minimum atomic E-state index is -4.27. The highest BCUT2D eigenvalue weighted by Crippen LogP contribution is 2.26. The maximum absolute atomic E-state index is 12.2. The molecular formula is C9H15F3N2O. The summed E-state index contributed by atoms with van der Waals surface area (Å²) in [7, 11) is 0. The summed E-state index contributed by atoms with van der Waals surface area (Å²) in [6.45, 7) is 1.16. The van der Waals surface area contributed by atoms with Gasteiger partial charge in [-0.25, -0.2) is 0 Å². The Balaban J connectivity index is 2.65. The molecule has 1 saturated heterocycles. The first kappa shape index (κ1) is 12.3. The van der Waals surface area contributed by atoms with Crippen molar-refractivity contribution in [2.45, 2.75) is 32.0 Å². The van der Waals surface area contributed by atoms with Crippen LogP contribution in [0, 0.1) is 5.92 Å². The molecule has 1 heterocycles. The number of primary amides is 1. The molecule has 1 aliphatic heterocycles. The van der Waals surface area contributed by atoms with Crippen LogP contribution in [0.15, 0.2) is 0 Å². The number of hydrogen-bond acceptors (Lipinski definition) is 2. The summed E-state index contributed by atoms with van der Waals surface area (Å²) in [6, 6.07) is -0.768. The highest BCUT2D eigenvalue weighted by Gasteiger charge is 2.38. The quantitative estimate of drug-likeness (QED) is 0.764. The van der Waals surface area contributed by atoms with Crippen LogP contribution in [0.5, 0.6) is 0 Å². The third-order valence-corrected chi connectivity index (χ3v) is 2.69. The van der Waals surface area contributed by atoms with Gasteiger partial charge in [-0.2, -0.15) is 13.2 Å². The maximum atomic E-state index is 12.2. The zero-order valence-electron chi connectivity index (χ0n) is 8.55. The first-order chi connectivity index (χ1) is 6.79. The van der Waals surface area contributed by atoms with Crippen molar-refractivity contribution in [2.75, 3.05) is 13.1 Å². The standard InChI is InChI=1S/C9H15F3N2O/c1-6-2-3-14(5-9(10,11)12)7(4-6)8(13)15/h6-7H,2-5H2,1H3,(H2,13,15)/t6-,7+/m1/s1. The van der Waals surface area contributed by atoms with E-state index in [0.717, 1.165) is 4.90 Å². The summed E-state index contributed by atoms with van der Waals surface area (Å²) in [4.78, 5) is 12.1. The number of nitrogens with zero attached hydrogens (tertiary/aromatic N) is 1. The zero-order chi connectivity index (χ0) is 11.6. The second-order valence-electron chi connectivity index (χ2n) is 4.13. The molecule has 0 bridgehead atoms. The number of nitrogens with two attached hydrogens (primary N) is 1. The lowest BCUT2D eigenvalue weighted by molar-refractivity contribution is -0.158.